The van der Waals surface area contributed by atoms with E-state index >= 15 is 0 Å². The summed E-state index contributed by atoms with van der Waals surface area (Å²) in [5.41, 5.74) is 0.192. The number of carbonyl (C=O) groups excluding carboxylic acids is 3. The van der Waals surface area contributed by atoms with Crippen LogP contribution in [-0.2, 0) is 9.53 Å². The van der Waals surface area contributed by atoms with Crippen molar-refractivity contribution in [3.63, 3.8) is 0 Å². The summed E-state index contributed by atoms with van der Waals surface area (Å²) in [6.45, 7) is 1.92. The smallest absolute Gasteiger partial charge is 0.338 e. The molecular formula is C20H27BrN2O6. The minimum atomic E-state index is -0.714. The molecule has 0 radical (unpaired) electrons. The quantitative estimate of drug-likeness (QED) is 0.562. The molecule has 0 spiro atoms. The van der Waals surface area contributed by atoms with Gasteiger partial charge in [-0.3, -0.25) is 10.1 Å². The molecule has 0 aromatic heterocycles. The number of ether oxygens (including phenoxy) is 3. The summed E-state index contributed by atoms with van der Waals surface area (Å²) in [5.74, 6) is -0.548. The summed E-state index contributed by atoms with van der Waals surface area (Å²) in [4.78, 5) is 36.0. The maximum Gasteiger partial charge on any atom is 0.338 e. The van der Waals surface area contributed by atoms with Gasteiger partial charge in [-0.1, -0.05) is 26.2 Å². The summed E-state index contributed by atoms with van der Waals surface area (Å²) in [6, 6.07) is 2.52. The van der Waals surface area contributed by atoms with Crippen LogP contribution < -0.4 is 20.1 Å². The van der Waals surface area contributed by atoms with Crippen molar-refractivity contribution >= 4 is 33.8 Å². The fourth-order valence-corrected chi connectivity index (χ4v) is 3.58. The van der Waals surface area contributed by atoms with Crippen LogP contribution in [0.4, 0.5) is 4.79 Å². The predicted octanol–water partition coefficient (Wildman–Crippen LogP) is 3.56. The Bertz CT molecular complexity index is 734. The molecule has 2 rings (SSSR count). The highest BCUT2D eigenvalue weighted by molar-refractivity contribution is 9.10. The summed E-state index contributed by atoms with van der Waals surface area (Å²) in [5, 5.41) is 4.95. The van der Waals surface area contributed by atoms with Crippen LogP contribution in [0.25, 0.3) is 0 Å². The van der Waals surface area contributed by atoms with Crippen molar-refractivity contribution in [1.29, 1.82) is 0 Å². The van der Waals surface area contributed by atoms with E-state index in [1.165, 1.54) is 25.7 Å². The molecule has 0 unspecified atom stereocenters. The Kier molecular flexibility index (Phi) is 9.24. The Hall–Kier alpha value is -2.29. The minimum Gasteiger partial charge on any atom is -0.493 e. The lowest BCUT2D eigenvalue weighted by atomic mass is 9.96. The Labute approximate surface area is 178 Å². The fraction of sp³-hybridized carbons (Fsp3) is 0.550. The predicted molar refractivity (Wildman–Crippen MR) is 110 cm³/mol. The average molecular weight is 471 g/mol. The maximum absolute atomic E-state index is 12.3. The van der Waals surface area contributed by atoms with Crippen LogP contribution in [-0.4, -0.2) is 44.3 Å². The van der Waals surface area contributed by atoms with Crippen LogP contribution in [0, 0.1) is 0 Å². The Balaban J connectivity index is 1.86. The number of nitrogens with one attached hydrogen (secondary N) is 2. The molecule has 1 aromatic rings. The number of methoxy groups -OCH3 is 1. The van der Waals surface area contributed by atoms with E-state index in [1.807, 2.05) is 6.92 Å². The Morgan fingerprint density at radius 1 is 1.17 bits per heavy atom. The lowest BCUT2D eigenvalue weighted by molar-refractivity contribution is -0.123. The molecule has 160 valence electrons. The van der Waals surface area contributed by atoms with E-state index in [2.05, 4.69) is 26.6 Å². The number of imide groups is 1. The van der Waals surface area contributed by atoms with Crippen LogP contribution in [0.1, 0.15) is 55.8 Å². The van der Waals surface area contributed by atoms with Crippen molar-refractivity contribution in [3.05, 3.63) is 22.2 Å². The molecule has 1 fully saturated rings. The van der Waals surface area contributed by atoms with Crippen LogP contribution in [0.5, 0.6) is 11.5 Å². The van der Waals surface area contributed by atoms with Gasteiger partial charge in [-0.15, -0.1) is 0 Å². The normalized spacial score (nSPS) is 14.0. The molecule has 0 bridgehead atoms. The standard InChI is InChI=1S/C20H27BrN2O6/c1-3-9-28-18-15(21)10-13(11-16(18)27-2)19(25)29-12-17(24)23-20(26)22-14-7-5-4-6-8-14/h10-11,14H,3-9,12H2,1-2H3,(H2,22,23,24,26). The number of hydrogen-bond donors (Lipinski definition) is 2. The number of benzene rings is 1. The molecule has 9 heteroatoms. The Morgan fingerprint density at radius 3 is 2.55 bits per heavy atom. The highest BCUT2D eigenvalue weighted by Crippen LogP contribution is 2.37. The molecule has 3 amide bonds. The van der Waals surface area contributed by atoms with E-state index in [0.29, 0.717) is 22.6 Å². The lowest BCUT2D eigenvalue weighted by Crippen LogP contribution is -2.46. The first kappa shape index (κ1) is 23.0. The van der Waals surface area contributed by atoms with Crippen LogP contribution in [0.15, 0.2) is 16.6 Å². The van der Waals surface area contributed by atoms with Crippen molar-refractivity contribution in [2.45, 2.75) is 51.5 Å². The summed E-state index contributed by atoms with van der Waals surface area (Å²) >= 11 is 3.35. The van der Waals surface area contributed by atoms with Gasteiger partial charge in [0.05, 0.1) is 23.8 Å². The van der Waals surface area contributed by atoms with Gasteiger partial charge in [0.15, 0.2) is 18.1 Å². The number of rotatable bonds is 8. The van der Waals surface area contributed by atoms with Gasteiger partial charge in [-0.05, 0) is 47.3 Å². The van der Waals surface area contributed by atoms with Gasteiger partial charge in [0.1, 0.15) is 0 Å². The number of carbonyl (C=O) groups is 3. The molecule has 0 heterocycles. The first-order valence-electron chi connectivity index (χ1n) is 9.72. The highest BCUT2D eigenvalue weighted by Gasteiger charge is 2.19. The second kappa shape index (κ2) is 11.6. The molecule has 1 saturated carbocycles. The molecular weight excluding hydrogens is 444 g/mol. The van der Waals surface area contributed by atoms with Gasteiger partial charge in [-0.2, -0.15) is 0 Å². The van der Waals surface area contributed by atoms with Gasteiger partial charge in [0.25, 0.3) is 5.91 Å². The van der Waals surface area contributed by atoms with Crippen molar-refractivity contribution in [2.24, 2.45) is 0 Å². The van der Waals surface area contributed by atoms with Crippen LogP contribution in [0.2, 0.25) is 0 Å². The molecule has 0 saturated heterocycles. The third-order valence-corrected chi connectivity index (χ3v) is 5.03. The average Bonchev–Trinajstić information content (AvgIpc) is 2.71. The minimum absolute atomic E-state index is 0.0809. The zero-order chi connectivity index (χ0) is 21.2. The van der Waals surface area contributed by atoms with Crippen molar-refractivity contribution in [3.8, 4) is 11.5 Å². The van der Waals surface area contributed by atoms with E-state index in [9.17, 15) is 14.4 Å². The summed E-state index contributed by atoms with van der Waals surface area (Å²) in [6.07, 6.45) is 5.94. The van der Waals surface area contributed by atoms with E-state index < -0.39 is 24.5 Å². The first-order chi connectivity index (χ1) is 13.9. The van der Waals surface area contributed by atoms with Gasteiger partial charge in [-0.25, -0.2) is 9.59 Å². The molecule has 0 aliphatic heterocycles. The second-order valence-electron chi connectivity index (χ2n) is 6.77. The van der Waals surface area contributed by atoms with E-state index in [1.54, 1.807) is 0 Å². The molecule has 29 heavy (non-hydrogen) atoms. The van der Waals surface area contributed by atoms with Crippen molar-refractivity contribution in [2.75, 3.05) is 20.3 Å². The molecule has 1 aromatic carbocycles. The number of amides is 3. The van der Waals surface area contributed by atoms with Gasteiger partial charge >= 0.3 is 12.0 Å². The number of halogens is 1. The largest absolute Gasteiger partial charge is 0.493 e. The van der Waals surface area contributed by atoms with E-state index in [-0.39, 0.29) is 11.6 Å². The molecule has 1 aliphatic carbocycles. The molecule has 0 atom stereocenters. The van der Waals surface area contributed by atoms with Gasteiger partial charge in [0.2, 0.25) is 0 Å². The van der Waals surface area contributed by atoms with Gasteiger partial charge < -0.3 is 19.5 Å². The monoisotopic (exact) mass is 470 g/mol. The third kappa shape index (κ3) is 7.23. The fourth-order valence-electron chi connectivity index (χ4n) is 3.03. The second-order valence-corrected chi connectivity index (χ2v) is 7.62. The third-order valence-electron chi connectivity index (χ3n) is 4.44. The number of urea groups is 1. The summed E-state index contributed by atoms with van der Waals surface area (Å²) < 4.78 is 16.4. The van der Waals surface area contributed by atoms with Crippen molar-refractivity contribution < 1.29 is 28.6 Å². The summed E-state index contributed by atoms with van der Waals surface area (Å²) in [7, 11) is 1.47. The topological polar surface area (TPSA) is 103 Å². The molecule has 1 aliphatic rings. The maximum atomic E-state index is 12.3. The highest BCUT2D eigenvalue weighted by atomic mass is 79.9. The lowest BCUT2D eigenvalue weighted by Gasteiger charge is -2.22. The number of esters is 1. The van der Waals surface area contributed by atoms with Crippen LogP contribution >= 0.6 is 15.9 Å². The zero-order valence-electron chi connectivity index (χ0n) is 16.7. The van der Waals surface area contributed by atoms with Gasteiger partial charge in [0, 0.05) is 6.04 Å². The zero-order valence-corrected chi connectivity index (χ0v) is 18.3. The number of hydrogen-bond acceptors (Lipinski definition) is 6. The van der Waals surface area contributed by atoms with Crippen molar-refractivity contribution in [1.82, 2.24) is 10.6 Å². The molecule has 8 nitrogen and oxygen atoms in total. The first-order valence-corrected chi connectivity index (χ1v) is 10.5. The SMILES string of the molecule is CCCOc1c(Br)cc(C(=O)OCC(=O)NC(=O)NC2CCCCC2)cc1OC. The van der Waals surface area contributed by atoms with E-state index in [0.717, 1.165) is 32.1 Å². The Morgan fingerprint density at radius 2 is 1.90 bits per heavy atom. The molecule has 2 N–H and O–H groups in total. The van der Waals surface area contributed by atoms with E-state index in [4.69, 9.17) is 14.2 Å². The van der Waals surface area contributed by atoms with Crippen LogP contribution in [0.3, 0.4) is 0 Å².